The van der Waals surface area contributed by atoms with Crippen LogP contribution in [0.15, 0.2) is 48.5 Å². The van der Waals surface area contributed by atoms with Gasteiger partial charge in [-0.3, -0.25) is 0 Å². The molecular weight excluding hydrogens is 244 g/mol. The van der Waals surface area contributed by atoms with E-state index in [1.807, 2.05) is 24.3 Å². The maximum Gasteiger partial charge on any atom is 0.101 e. The van der Waals surface area contributed by atoms with Gasteiger partial charge in [0.15, 0.2) is 0 Å². The molecule has 0 amide bonds. The normalized spacial score (nSPS) is 9.78. The lowest BCUT2D eigenvalue weighted by Gasteiger charge is -2.07. The Bertz CT molecular complexity index is 558. The molecule has 0 aliphatic rings. The number of rotatable bonds is 4. The van der Waals surface area contributed by atoms with Gasteiger partial charge >= 0.3 is 0 Å². The van der Waals surface area contributed by atoms with E-state index < -0.39 is 0 Å². The van der Waals surface area contributed by atoms with Gasteiger partial charge in [-0.05, 0) is 30.2 Å². The van der Waals surface area contributed by atoms with Crippen molar-refractivity contribution in [3.63, 3.8) is 0 Å². The largest absolute Gasteiger partial charge is 0.385 e. The molecule has 2 aromatic rings. The Morgan fingerprint density at radius 1 is 1.11 bits per heavy atom. The van der Waals surface area contributed by atoms with Crippen molar-refractivity contribution in [2.45, 2.75) is 6.42 Å². The minimum Gasteiger partial charge on any atom is -0.385 e. The first-order chi connectivity index (χ1) is 8.79. The highest BCUT2D eigenvalue weighted by molar-refractivity contribution is 6.31. The topological polar surface area (TPSA) is 35.8 Å². The summed E-state index contributed by atoms with van der Waals surface area (Å²) in [7, 11) is 0. The minimum atomic E-state index is 0.492. The van der Waals surface area contributed by atoms with Crippen LogP contribution in [-0.2, 0) is 6.42 Å². The van der Waals surface area contributed by atoms with Crippen LogP contribution >= 0.6 is 11.6 Å². The van der Waals surface area contributed by atoms with Crippen LogP contribution in [0, 0.1) is 11.3 Å². The molecule has 0 unspecified atom stereocenters. The number of halogens is 1. The molecule has 0 aliphatic heterocycles. The second-order valence-electron chi connectivity index (χ2n) is 3.97. The zero-order valence-corrected chi connectivity index (χ0v) is 10.6. The lowest BCUT2D eigenvalue weighted by atomic mass is 10.1. The molecule has 0 heterocycles. The maximum absolute atomic E-state index is 8.88. The van der Waals surface area contributed by atoms with Crippen LogP contribution in [-0.4, -0.2) is 6.54 Å². The molecule has 2 nitrogen and oxygen atoms in total. The fraction of sp³-hybridized carbons (Fsp3) is 0.133. The highest BCUT2D eigenvalue weighted by Crippen LogP contribution is 2.19. The summed E-state index contributed by atoms with van der Waals surface area (Å²) >= 11 is 5.88. The van der Waals surface area contributed by atoms with Crippen molar-refractivity contribution in [2.75, 3.05) is 11.9 Å². The third-order valence-corrected chi connectivity index (χ3v) is 3.00. The zero-order valence-electron chi connectivity index (χ0n) is 9.86. The van der Waals surface area contributed by atoms with E-state index in [0.717, 1.165) is 18.7 Å². The molecular formula is C15H13ClN2. The summed E-state index contributed by atoms with van der Waals surface area (Å²) in [6, 6.07) is 17.7. The third-order valence-electron chi connectivity index (χ3n) is 2.67. The molecule has 2 rings (SSSR count). The van der Waals surface area contributed by atoms with Crippen molar-refractivity contribution in [3.05, 3.63) is 64.7 Å². The van der Waals surface area contributed by atoms with Crippen molar-refractivity contribution >= 4 is 17.3 Å². The number of nitrogens with zero attached hydrogens (tertiary/aromatic N) is 1. The Hall–Kier alpha value is -1.98. The van der Waals surface area contributed by atoms with E-state index in [9.17, 15) is 0 Å². The Morgan fingerprint density at radius 3 is 2.61 bits per heavy atom. The molecule has 0 radical (unpaired) electrons. The molecule has 2 aromatic carbocycles. The average molecular weight is 257 g/mol. The number of nitrogens with one attached hydrogen (secondary N) is 1. The second-order valence-corrected chi connectivity index (χ2v) is 4.38. The molecule has 0 spiro atoms. The summed E-state index contributed by atoms with van der Waals surface area (Å²) in [5.41, 5.74) is 2.72. The van der Waals surface area contributed by atoms with Crippen LogP contribution < -0.4 is 5.32 Å². The van der Waals surface area contributed by atoms with Crippen LogP contribution in [0.4, 0.5) is 5.69 Å². The SMILES string of the molecule is N#Cc1cc(NCCc2ccccc2)ccc1Cl. The molecule has 0 fully saturated rings. The fourth-order valence-corrected chi connectivity index (χ4v) is 1.88. The summed E-state index contributed by atoms with van der Waals surface area (Å²) in [5, 5.41) is 12.7. The molecule has 0 bridgehead atoms. The van der Waals surface area contributed by atoms with E-state index in [0.29, 0.717) is 10.6 Å². The van der Waals surface area contributed by atoms with Gasteiger partial charge < -0.3 is 5.32 Å². The number of benzene rings is 2. The van der Waals surface area contributed by atoms with E-state index in [4.69, 9.17) is 16.9 Å². The molecule has 3 heteroatoms. The predicted octanol–water partition coefficient (Wildman–Crippen LogP) is 3.87. The standard InChI is InChI=1S/C15H13ClN2/c16-15-7-6-14(10-13(15)11-17)18-9-8-12-4-2-1-3-5-12/h1-7,10,18H,8-9H2. The van der Waals surface area contributed by atoms with Crippen molar-refractivity contribution < 1.29 is 0 Å². The summed E-state index contributed by atoms with van der Waals surface area (Å²) in [6.07, 6.45) is 0.950. The zero-order chi connectivity index (χ0) is 12.8. The molecule has 0 aliphatic carbocycles. The van der Waals surface area contributed by atoms with Crippen LogP contribution in [0.2, 0.25) is 5.02 Å². The van der Waals surface area contributed by atoms with Gasteiger partial charge in [-0.1, -0.05) is 41.9 Å². The summed E-state index contributed by atoms with van der Waals surface area (Å²) < 4.78 is 0. The first-order valence-electron chi connectivity index (χ1n) is 5.77. The van der Waals surface area contributed by atoms with Crippen LogP contribution in [0.3, 0.4) is 0 Å². The molecule has 0 aromatic heterocycles. The minimum absolute atomic E-state index is 0.492. The van der Waals surface area contributed by atoms with Crippen molar-refractivity contribution in [2.24, 2.45) is 0 Å². The van der Waals surface area contributed by atoms with Crippen molar-refractivity contribution in [1.82, 2.24) is 0 Å². The van der Waals surface area contributed by atoms with Gasteiger partial charge in [-0.15, -0.1) is 0 Å². The van der Waals surface area contributed by atoms with Crippen LogP contribution in [0.5, 0.6) is 0 Å². The van der Waals surface area contributed by atoms with E-state index >= 15 is 0 Å². The van der Waals surface area contributed by atoms with E-state index in [2.05, 4.69) is 23.5 Å². The number of hydrogen-bond donors (Lipinski definition) is 1. The molecule has 0 atom stereocenters. The van der Waals surface area contributed by atoms with Crippen molar-refractivity contribution in [1.29, 1.82) is 5.26 Å². The molecule has 0 saturated heterocycles. The number of anilines is 1. The monoisotopic (exact) mass is 256 g/mol. The van der Waals surface area contributed by atoms with Crippen LogP contribution in [0.25, 0.3) is 0 Å². The maximum atomic E-state index is 8.88. The Kier molecular flexibility index (Phi) is 4.22. The molecule has 0 saturated carbocycles. The highest BCUT2D eigenvalue weighted by atomic mass is 35.5. The van der Waals surface area contributed by atoms with Gasteiger partial charge in [0, 0.05) is 12.2 Å². The average Bonchev–Trinajstić information content (AvgIpc) is 2.42. The van der Waals surface area contributed by atoms with E-state index in [1.54, 1.807) is 12.1 Å². The predicted molar refractivity (Wildman–Crippen MR) is 74.8 cm³/mol. The first kappa shape index (κ1) is 12.5. The Balaban J connectivity index is 1.93. The lowest BCUT2D eigenvalue weighted by Crippen LogP contribution is -2.04. The quantitative estimate of drug-likeness (QED) is 0.902. The first-order valence-corrected chi connectivity index (χ1v) is 6.15. The van der Waals surface area contributed by atoms with Gasteiger partial charge in [0.05, 0.1) is 10.6 Å². The number of nitriles is 1. The summed E-state index contributed by atoms with van der Waals surface area (Å²) in [5.74, 6) is 0. The van der Waals surface area contributed by atoms with Gasteiger partial charge in [-0.25, -0.2) is 0 Å². The van der Waals surface area contributed by atoms with Crippen LogP contribution in [0.1, 0.15) is 11.1 Å². The smallest absolute Gasteiger partial charge is 0.101 e. The molecule has 90 valence electrons. The summed E-state index contributed by atoms with van der Waals surface area (Å²) in [6.45, 7) is 0.830. The van der Waals surface area contributed by atoms with Gasteiger partial charge in [0.25, 0.3) is 0 Å². The second kappa shape index (κ2) is 6.09. The van der Waals surface area contributed by atoms with Gasteiger partial charge in [0.2, 0.25) is 0 Å². The summed E-state index contributed by atoms with van der Waals surface area (Å²) in [4.78, 5) is 0. The Labute approximate surface area is 112 Å². The van der Waals surface area contributed by atoms with Gasteiger partial charge in [-0.2, -0.15) is 5.26 Å². The van der Waals surface area contributed by atoms with E-state index in [1.165, 1.54) is 5.56 Å². The lowest BCUT2D eigenvalue weighted by molar-refractivity contribution is 1.02. The van der Waals surface area contributed by atoms with Gasteiger partial charge in [0.1, 0.15) is 6.07 Å². The fourth-order valence-electron chi connectivity index (χ4n) is 1.72. The Morgan fingerprint density at radius 2 is 1.89 bits per heavy atom. The molecule has 1 N–H and O–H groups in total. The third kappa shape index (κ3) is 3.26. The highest BCUT2D eigenvalue weighted by Gasteiger charge is 2.00. The van der Waals surface area contributed by atoms with Crippen molar-refractivity contribution in [3.8, 4) is 6.07 Å². The number of hydrogen-bond acceptors (Lipinski definition) is 2. The van der Waals surface area contributed by atoms with E-state index in [-0.39, 0.29) is 0 Å². The molecule has 18 heavy (non-hydrogen) atoms.